The summed E-state index contributed by atoms with van der Waals surface area (Å²) < 4.78 is 5.55. The molecule has 0 aliphatic carbocycles. The third kappa shape index (κ3) is 4.83. The molecular weight excluding hydrogens is 304 g/mol. The maximum absolute atomic E-state index is 11.6. The first-order valence-electron chi connectivity index (χ1n) is 7.66. The van der Waals surface area contributed by atoms with Gasteiger partial charge in [-0.2, -0.15) is 5.26 Å². The minimum atomic E-state index is -0.754. The van der Waals surface area contributed by atoms with Crippen molar-refractivity contribution in [3.05, 3.63) is 59.2 Å². The van der Waals surface area contributed by atoms with Crippen LogP contribution < -0.4 is 10.1 Å². The lowest BCUT2D eigenvalue weighted by Gasteiger charge is -2.16. The second kappa shape index (κ2) is 8.14. The molecule has 0 aliphatic rings. The number of carbonyl (C=O) groups is 1. The third-order valence-corrected chi connectivity index (χ3v) is 3.49. The fraction of sp³-hybridized carbons (Fsp3) is 0.263. The summed E-state index contributed by atoms with van der Waals surface area (Å²) in [6.07, 6.45) is -0.754. The third-order valence-electron chi connectivity index (χ3n) is 3.49. The van der Waals surface area contributed by atoms with Crippen LogP contribution in [0.2, 0.25) is 0 Å². The van der Waals surface area contributed by atoms with Crippen molar-refractivity contribution in [1.82, 2.24) is 0 Å². The van der Waals surface area contributed by atoms with Crippen molar-refractivity contribution < 1.29 is 14.6 Å². The van der Waals surface area contributed by atoms with Gasteiger partial charge in [0.1, 0.15) is 18.5 Å². The summed E-state index contributed by atoms with van der Waals surface area (Å²) in [5.74, 6) is 0.595. The van der Waals surface area contributed by atoms with Gasteiger partial charge < -0.3 is 15.2 Å². The molecular formula is C19H20N2O3. The first-order chi connectivity index (χ1) is 11.5. The molecule has 5 heteroatoms. The Balaban J connectivity index is 1.95. The number of nitrogens with one attached hydrogen (secondary N) is 1. The molecule has 2 rings (SSSR count). The highest BCUT2D eigenvalue weighted by Crippen LogP contribution is 2.18. The predicted octanol–water partition coefficient (Wildman–Crippen LogP) is 2.92. The van der Waals surface area contributed by atoms with Crippen LogP contribution in [0.3, 0.4) is 0 Å². The molecule has 24 heavy (non-hydrogen) atoms. The lowest BCUT2D eigenvalue weighted by atomic mass is 10.1. The maximum Gasteiger partial charge on any atom is 0.161 e. The highest BCUT2D eigenvalue weighted by Gasteiger charge is 2.11. The van der Waals surface area contributed by atoms with Crippen LogP contribution in [0.5, 0.6) is 5.75 Å². The van der Waals surface area contributed by atoms with Crippen molar-refractivity contribution in [3.63, 3.8) is 0 Å². The molecule has 0 saturated carbocycles. The van der Waals surface area contributed by atoms with E-state index in [9.17, 15) is 9.90 Å². The van der Waals surface area contributed by atoms with E-state index < -0.39 is 6.10 Å². The van der Waals surface area contributed by atoms with Gasteiger partial charge in [0.2, 0.25) is 0 Å². The van der Waals surface area contributed by atoms with E-state index in [2.05, 4.69) is 5.32 Å². The van der Waals surface area contributed by atoms with Gasteiger partial charge in [0.25, 0.3) is 0 Å². The minimum Gasteiger partial charge on any atom is -0.491 e. The molecule has 2 aromatic carbocycles. The number of rotatable bonds is 7. The van der Waals surface area contributed by atoms with E-state index in [1.54, 1.807) is 18.2 Å². The smallest absolute Gasteiger partial charge is 0.161 e. The van der Waals surface area contributed by atoms with Crippen molar-refractivity contribution in [2.24, 2.45) is 0 Å². The van der Waals surface area contributed by atoms with E-state index in [-0.39, 0.29) is 18.9 Å². The van der Waals surface area contributed by atoms with Gasteiger partial charge in [0, 0.05) is 17.8 Å². The first-order valence-corrected chi connectivity index (χ1v) is 7.66. The molecule has 0 fully saturated rings. The molecule has 0 aromatic heterocycles. The van der Waals surface area contributed by atoms with E-state index in [1.165, 1.54) is 6.92 Å². The molecule has 0 amide bonds. The molecule has 1 unspecified atom stereocenters. The van der Waals surface area contributed by atoms with E-state index in [0.717, 1.165) is 5.56 Å². The molecule has 5 nitrogen and oxygen atoms in total. The average molecular weight is 324 g/mol. The summed E-state index contributed by atoms with van der Waals surface area (Å²) in [5.41, 5.74) is 2.56. The number of carbonyl (C=O) groups excluding carboxylic acids is 1. The number of aryl methyl sites for hydroxylation is 1. The summed E-state index contributed by atoms with van der Waals surface area (Å²) >= 11 is 0. The number of Topliss-reactive ketones (excluding diaryl/α,β-unsaturated/α-hetero) is 1. The molecule has 0 heterocycles. The van der Waals surface area contributed by atoms with Crippen molar-refractivity contribution in [1.29, 1.82) is 5.26 Å². The SMILES string of the molecule is CC(=O)c1ccc(C#N)cc1NCC(O)COc1cccc(C)c1. The van der Waals surface area contributed by atoms with Crippen LogP contribution in [0, 0.1) is 18.3 Å². The van der Waals surface area contributed by atoms with Crippen LogP contribution in [-0.4, -0.2) is 30.1 Å². The van der Waals surface area contributed by atoms with E-state index in [1.807, 2.05) is 37.3 Å². The van der Waals surface area contributed by atoms with Gasteiger partial charge in [-0.05, 0) is 49.7 Å². The summed E-state index contributed by atoms with van der Waals surface area (Å²) in [5, 5.41) is 22.0. The normalized spacial score (nSPS) is 11.4. The minimum absolute atomic E-state index is 0.104. The number of hydrogen-bond donors (Lipinski definition) is 2. The Hall–Kier alpha value is -2.84. The molecule has 1 atom stereocenters. The van der Waals surface area contributed by atoms with E-state index in [0.29, 0.717) is 22.6 Å². The molecule has 0 radical (unpaired) electrons. The standard InChI is InChI=1S/C19H20N2O3/c1-13-4-3-5-17(8-13)24-12-16(23)11-21-19-9-15(10-20)6-7-18(19)14(2)22/h3-9,16,21,23H,11-12H2,1-2H3. The van der Waals surface area contributed by atoms with Crippen LogP contribution in [0.4, 0.5) is 5.69 Å². The number of aliphatic hydroxyl groups is 1. The number of nitrogens with zero attached hydrogens (tertiary/aromatic N) is 1. The van der Waals surface area contributed by atoms with Crippen molar-refractivity contribution in [2.45, 2.75) is 20.0 Å². The van der Waals surface area contributed by atoms with Gasteiger partial charge in [-0.1, -0.05) is 12.1 Å². The van der Waals surface area contributed by atoms with Gasteiger partial charge in [-0.25, -0.2) is 0 Å². The fourth-order valence-electron chi connectivity index (χ4n) is 2.25. The molecule has 124 valence electrons. The number of ketones is 1. The number of aliphatic hydroxyl groups excluding tert-OH is 1. The molecule has 0 saturated heterocycles. The molecule has 2 N–H and O–H groups in total. The van der Waals surface area contributed by atoms with E-state index >= 15 is 0 Å². The summed E-state index contributed by atoms with van der Waals surface area (Å²) in [7, 11) is 0. The van der Waals surface area contributed by atoms with E-state index in [4.69, 9.17) is 10.00 Å². The van der Waals surface area contributed by atoms with Crippen molar-refractivity contribution in [3.8, 4) is 11.8 Å². The van der Waals surface area contributed by atoms with Gasteiger partial charge >= 0.3 is 0 Å². The number of ether oxygens (including phenoxy) is 1. The highest BCUT2D eigenvalue weighted by molar-refractivity contribution is 5.99. The molecule has 0 spiro atoms. The van der Waals surface area contributed by atoms with Gasteiger partial charge in [-0.3, -0.25) is 4.79 Å². The van der Waals surface area contributed by atoms with Gasteiger partial charge in [-0.15, -0.1) is 0 Å². The predicted molar refractivity (Wildman–Crippen MR) is 92.3 cm³/mol. The van der Waals surface area contributed by atoms with Gasteiger partial charge in [0.15, 0.2) is 5.78 Å². The van der Waals surface area contributed by atoms with Crippen LogP contribution in [-0.2, 0) is 0 Å². The number of anilines is 1. The Kier molecular flexibility index (Phi) is 5.94. The van der Waals surface area contributed by atoms with Gasteiger partial charge in [0.05, 0.1) is 11.6 Å². The summed E-state index contributed by atoms with van der Waals surface area (Å²) in [6.45, 7) is 3.77. The largest absolute Gasteiger partial charge is 0.491 e. The zero-order chi connectivity index (χ0) is 17.5. The average Bonchev–Trinajstić information content (AvgIpc) is 2.57. The Morgan fingerprint density at radius 1 is 1.33 bits per heavy atom. The summed E-state index contributed by atoms with van der Waals surface area (Å²) in [4.78, 5) is 11.6. The molecule has 0 bridgehead atoms. The second-order valence-corrected chi connectivity index (χ2v) is 5.59. The fourth-order valence-corrected chi connectivity index (χ4v) is 2.25. The second-order valence-electron chi connectivity index (χ2n) is 5.59. The number of hydrogen-bond acceptors (Lipinski definition) is 5. The monoisotopic (exact) mass is 324 g/mol. The lowest BCUT2D eigenvalue weighted by molar-refractivity contribution is 0.101. The molecule has 2 aromatic rings. The summed E-state index contributed by atoms with van der Waals surface area (Å²) in [6, 6.07) is 14.4. The maximum atomic E-state index is 11.6. The number of nitriles is 1. The quantitative estimate of drug-likeness (QED) is 0.765. The van der Waals surface area contributed by atoms with Crippen molar-refractivity contribution >= 4 is 11.5 Å². The van der Waals surface area contributed by atoms with Crippen molar-refractivity contribution in [2.75, 3.05) is 18.5 Å². The zero-order valence-corrected chi connectivity index (χ0v) is 13.7. The zero-order valence-electron chi connectivity index (χ0n) is 13.7. The Morgan fingerprint density at radius 3 is 2.79 bits per heavy atom. The highest BCUT2D eigenvalue weighted by atomic mass is 16.5. The van der Waals surface area contributed by atoms with Crippen LogP contribution >= 0.6 is 0 Å². The van der Waals surface area contributed by atoms with Crippen LogP contribution in [0.15, 0.2) is 42.5 Å². The number of benzene rings is 2. The lowest BCUT2D eigenvalue weighted by Crippen LogP contribution is -2.26. The topological polar surface area (TPSA) is 82.4 Å². The Morgan fingerprint density at radius 2 is 2.12 bits per heavy atom. The van der Waals surface area contributed by atoms with Crippen LogP contribution in [0.1, 0.15) is 28.4 Å². The first kappa shape index (κ1) is 17.5. The Labute approximate surface area is 141 Å². The molecule has 0 aliphatic heterocycles. The Bertz CT molecular complexity index is 765. The van der Waals surface area contributed by atoms with Crippen LogP contribution in [0.25, 0.3) is 0 Å².